The summed E-state index contributed by atoms with van der Waals surface area (Å²) < 4.78 is 5.35. The molecule has 0 aromatic heterocycles. The zero-order chi connectivity index (χ0) is 13.5. The van der Waals surface area contributed by atoms with Crippen molar-refractivity contribution in [1.29, 1.82) is 0 Å². The second kappa shape index (κ2) is 6.48. The van der Waals surface area contributed by atoms with Crippen molar-refractivity contribution < 1.29 is 19.4 Å². The van der Waals surface area contributed by atoms with Gasteiger partial charge in [0.1, 0.15) is 11.3 Å². The van der Waals surface area contributed by atoms with Crippen molar-refractivity contribution in [2.45, 2.75) is 13.3 Å². The van der Waals surface area contributed by atoms with Crippen LogP contribution in [0.15, 0.2) is 18.2 Å². The summed E-state index contributed by atoms with van der Waals surface area (Å²) in [6.07, 6.45) is 0.591. The lowest BCUT2D eigenvalue weighted by Crippen LogP contribution is -2.22. The van der Waals surface area contributed by atoms with Crippen LogP contribution in [0.1, 0.15) is 23.7 Å². The summed E-state index contributed by atoms with van der Waals surface area (Å²) in [5, 5.41) is 11.6. The topological polar surface area (TPSA) is 102 Å². The Balaban J connectivity index is 2.53. The maximum absolute atomic E-state index is 10.9. The first-order chi connectivity index (χ1) is 8.50. The predicted molar refractivity (Wildman–Crippen MR) is 66.6 cm³/mol. The molecule has 0 spiro atoms. The Kier molecular flexibility index (Phi) is 4.98. The third kappa shape index (κ3) is 4.32. The highest BCUT2D eigenvalue weighted by atomic mass is 16.5. The third-order valence-electron chi connectivity index (χ3n) is 2.19. The van der Waals surface area contributed by atoms with E-state index in [9.17, 15) is 9.59 Å². The van der Waals surface area contributed by atoms with Crippen LogP contribution in [-0.2, 0) is 4.79 Å². The number of nitrogens with two attached hydrogens (primary N) is 1. The molecule has 0 saturated heterocycles. The van der Waals surface area contributed by atoms with Crippen LogP contribution >= 0.6 is 0 Å². The molecule has 0 aliphatic rings. The standard InChI is InChI=1S/C12H16N2O4/c1-8(15)14-5-2-6-18-11-7-9(13)3-4-10(11)12(16)17/h3-4,7H,2,5-6,13H2,1H3,(H,14,15)(H,16,17). The maximum Gasteiger partial charge on any atom is 0.339 e. The number of aromatic carboxylic acids is 1. The Morgan fingerprint density at radius 2 is 2.17 bits per heavy atom. The molecule has 0 bridgehead atoms. The fourth-order valence-electron chi connectivity index (χ4n) is 1.35. The molecule has 6 heteroatoms. The van der Waals surface area contributed by atoms with E-state index in [1.807, 2.05) is 0 Å². The van der Waals surface area contributed by atoms with Crippen molar-refractivity contribution >= 4 is 17.6 Å². The lowest BCUT2D eigenvalue weighted by molar-refractivity contribution is -0.118. The Morgan fingerprint density at radius 3 is 2.78 bits per heavy atom. The largest absolute Gasteiger partial charge is 0.493 e. The van der Waals surface area contributed by atoms with E-state index in [0.29, 0.717) is 25.3 Å². The van der Waals surface area contributed by atoms with Crippen LogP contribution in [0.3, 0.4) is 0 Å². The predicted octanol–water partition coefficient (Wildman–Crippen LogP) is 0.872. The summed E-state index contributed by atoms with van der Waals surface area (Å²) >= 11 is 0. The number of benzene rings is 1. The van der Waals surface area contributed by atoms with Crippen molar-refractivity contribution in [3.8, 4) is 5.75 Å². The summed E-state index contributed by atoms with van der Waals surface area (Å²) in [4.78, 5) is 21.6. The van der Waals surface area contributed by atoms with Crippen LogP contribution in [0.4, 0.5) is 5.69 Å². The number of nitrogens with one attached hydrogen (secondary N) is 1. The van der Waals surface area contributed by atoms with Crippen LogP contribution in [-0.4, -0.2) is 30.1 Å². The van der Waals surface area contributed by atoms with Gasteiger partial charge in [-0.1, -0.05) is 0 Å². The van der Waals surface area contributed by atoms with E-state index in [1.54, 1.807) is 0 Å². The molecule has 0 heterocycles. The molecule has 1 amide bonds. The summed E-state index contributed by atoms with van der Waals surface area (Å²) in [5.74, 6) is -0.928. The van der Waals surface area contributed by atoms with Gasteiger partial charge in [-0.05, 0) is 18.6 Å². The number of hydrogen-bond donors (Lipinski definition) is 3. The highest BCUT2D eigenvalue weighted by molar-refractivity contribution is 5.91. The fourth-order valence-corrected chi connectivity index (χ4v) is 1.35. The van der Waals surface area contributed by atoms with Gasteiger partial charge in [0.2, 0.25) is 5.91 Å². The Hall–Kier alpha value is -2.24. The molecule has 0 aliphatic carbocycles. The van der Waals surface area contributed by atoms with Crippen molar-refractivity contribution in [3.63, 3.8) is 0 Å². The lowest BCUT2D eigenvalue weighted by Gasteiger charge is -2.10. The number of amides is 1. The van der Waals surface area contributed by atoms with Crippen molar-refractivity contribution in [1.82, 2.24) is 5.32 Å². The summed E-state index contributed by atoms with van der Waals surface area (Å²) in [6.45, 7) is 2.23. The first-order valence-electron chi connectivity index (χ1n) is 5.50. The second-order valence-electron chi connectivity index (χ2n) is 3.75. The molecular formula is C12H16N2O4. The normalized spacial score (nSPS) is 9.83. The van der Waals surface area contributed by atoms with Gasteiger partial charge in [0, 0.05) is 25.2 Å². The van der Waals surface area contributed by atoms with Crippen LogP contribution in [0.25, 0.3) is 0 Å². The molecule has 0 atom stereocenters. The van der Waals surface area contributed by atoms with E-state index >= 15 is 0 Å². The minimum Gasteiger partial charge on any atom is -0.493 e. The molecule has 0 radical (unpaired) electrons. The van der Waals surface area contributed by atoms with Gasteiger partial charge in [-0.2, -0.15) is 0 Å². The number of rotatable bonds is 6. The number of carboxylic acid groups (broad SMARTS) is 1. The molecule has 1 aromatic rings. The molecule has 0 aliphatic heterocycles. The number of carbonyl (C=O) groups is 2. The van der Waals surface area contributed by atoms with Gasteiger partial charge in [0.25, 0.3) is 0 Å². The van der Waals surface area contributed by atoms with Gasteiger partial charge in [-0.25, -0.2) is 4.79 Å². The van der Waals surface area contributed by atoms with E-state index < -0.39 is 5.97 Å². The van der Waals surface area contributed by atoms with Crippen LogP contribution in [0.5, 0.6) is 5.75 Å². The van der Waals surface area contributed by atoms with Gasteiger partial charge in [0.15, 0.2) is 0 Å². The van der Waals surface area contributed by atoms with Gasteiger partial charge in [-0.15, -0.1) is 0 Å². The van der Waals surface area contributed by atoms with Crippen LogP contribution in [0, 0.1) is 0 Å². The quantitative estimate of drug-likeness (QED) is 0.515. The number of nitrogen functional groups attached to an aromatic ring is 1. The fraction of sp³-hybridized carbons (Fsp3) is 0.333. The Morgan fingerprint density at radius 1 is 1.44 bits per heavy atom. The molecule has 98 valence electrons. The molecule has 0 fully saturated rings. The van der Waals surface area contributed by atoms with E-state index in [0.717, 1.165) is 0 Å². The van der Waals surface area contributed by atoms with Gasteiger partial charge >= 0.3 is 5.97 Å². The maximum atomic E-state index is 10.9. The minimum absolute atomic E-state index is 0.0729. The molecule has 6 nitrogen and oxygen atoms in total. The van der Waals surface area contributed by atoms with Crippen molar-refractivity contribution in [2.75, 3.05) is 18.9 Å². The molecule has 1 aromatic carbocycles. The summed E-state index contributed by atoms with van der Waals surface area (Å²) in [5.41, 5.74) is 6.08. The Labute approximate surface area is 105 Å². The number of carboxylic acids is 1. The number of ether oxygens (including phenoxy) is 1. The first-order valence-corrected chi connectivity index (χ1v) is 5.50. The zero-order valence-corrected chi connectivity index (χ0v) is 10.1. The average molecular weight is 252 g/mol. The number of hydrogen-bond acceptors (Lipinski definition) is 4. The summed E-state index contributed by atoms with van der Waals surface area (Å²) in [6, 6.07) is 4.39. The molecular weight excluding hydrogens is 236 g/mol. The number of carbonyl (C=O) groups excluding carboxylic acids is 1. The smallest absolute Gasteiger partial charge is 0.339 e. The number of anilines is 1. The minimum atomic E-state index is -1.06. The van der Waals surface area contributed by atoms with Crippen LogP contribution < -0.4 is 15.8 Å². The molecule has 0 unspecified atom stereocenters. The molecule has 18 heavy (non-hydrogen) atoms. The second-order valence-corrected chi connectivity index (χ2v) is 3.75. The Bertz CT molecular complexity index is 446. The molecule has 1 rings (SSSR count). The molecule has 4 N–H and O–H groups in total. The van der Waals surface area contributed by atoms with Crippen molar-refractivity contribution in [3.05, 3.63) is 23.8 Å². The van der Waals surface area contributed by atoms with E-state index in [1.165, 1.54) is 25.1 Å². The lowest BCUT2D eigenvalue weighted by atomic mass is 10.2. The van der Waals surface area contributed by atoms with E-state index in [-0.39, 0.29) is 17.2 Å². The highest BCUT2D eigenvalue weighted by Crippen LogP contribution is 2.21. The van der Waals surface area contributed by atoms with Gasteiger partial charge in [-0.3, -0.25) is 4.79 Å². The van der Waals surface area contributed by atoms with Crippen molar-refractivity contribution in [2.24, 2.45) is 0 Å². The zero-order valence-electron chi connectivity index (χ0n) is 10.1. The average Bonchev–Trinajstić information content (AvgIpc) is 2.27. The highest BCUT2D eigenvalue weighted by Gasteiger charge is 2.11. The first kappa shape index (κ1) is 13.8. The third-order valence-corrected chi connectivity index (χ3v) is 2.19. The van der Waals surface area contributed by atoms with E-state index in [2.05, 4.69) is 5.32 Å². The summed E-state index contributed by atoms with van der Waals surface area (Å²) in [7, 11) is 0. The monoisotopic (exact) mass is 252 g/mol. The van der Waals surface area contributed by atoms with Crippen LogP contribution in [0.2, 0.25) is 0 Å². The van der Waals surface area contributed by atoms with Gasteiger partial charge < -0.3 is 20.9 Å². The molecule has 0 saturated carbocycles. The van der Waals surface area contributed by atoms with Gasteiger partial charge in [0.05, 0.1) is 6.61 Å². The van der Waals surface area contributed by atoms with E-state index in [4.69, 9.17) is 15.6 Å². The SMILES string of the molecule is CC(=O)NCCCOc1cc(N)ccc1C(=O)O.